The van der Waals surface area contributed by atoms with Crippen LogP contribution in [-0.2, 0) is 9.53 Å². The predicted molar refractivity (Wildman–Crippen MR) is 66.1 cm³/mol. The topological polar surface area (TPSA) is 52.3 Å². The molecule has 15 heavy (non-hydrogen) atoms. The summed E-state index contributed by atoms with van der Waals surface area (Å²) in [5.74, 6) is 1.78. The van der Waals surface area contributed by atoms with E-state index < -0.39 is 5.54 Å². The second-order valence-corrected chi connectivity index (χ2v) is 5.08. The van der Waals surface area contributed by atoms with Crippen molar-refractivity contribution in [2.75, 3.05) is 18.1 Å². The molecule has 0 aromatic rings. The fraction of sp³-hybridized carbons (Fsp3) is 0.909. The molecule has 0 aliphatic rings. The van der Waals surface area contributed by atoms with Crippen LogP contribution in [0.5, 0.6) is 0 Å². The molecule has 3 nitrogen and oxygen atoms in total. The minimum Gasteiger partial charge on any atom is -0.465 e. The van der Waals surface area contributed by atoms with E-state index in [0.717, 1.165) is 11.5 Å². The first kappa shape index (κ1) is 14.8. The lowest BCUT2D eigenvalue weighted by Crippen LogP contribution is -2.46. The number of unbranched alkanes of at least 4 members (excludes halogenated alkanes) is 1. The maximum atomic E-state index is 11.4. The van der Waals surface area contributed by atoms with Crippen molar-refractivity contribution in [1.29, 1.82) is 0 Å². The lowest BCUT2D eigenvalue weighted by atomic mass is 10.0. The molecule has 0 aromatic carbocycles. The van der Waals surface area contributed by atoms with Gasteiger partial charge < -0.3 is 10.5 Å². The van der Waals surface area contributed by atoms with E-state index in [1.807, 2.05) is 11.8 Å². The normalized spacial score (nSPS) is 14.7. The van der Waals surface area contributed by atoms with E-state index in [-0.39, 0.29) is 5.97 Å². The van der Waals surface area contributed by atoms with E-state index in [2.05, 4.69) is 6.92 Å². The summed E-state index contributed by atoms with van der Waals surface area (Å²) in [6.07, 6.45) is 3.12. The molecule has 0 fully saturated rings. The molecule has 0 bridgehead atoms. The van der Waals surface area contributed by atoms with Crippen LogP contribution < -0.4 is 5.73 Å². The molecular formula is C11H23NO2S. The summed E-state index contributed by atoms with van der Waals surface area (Å²) in [6, 6.07) is 0. The molecule has 1 unspecified atom stereocenters. The van der Waals surface area contributed by atoms with Gasteiger partial charge in [-0.3, -0.25) is 4.79 Å². The number of thioether (sulfide) groups is 1. The Morgan fingerprint density at radius 2 is 2.07 bits per heavy atom. The van der Waals surface area contributed by atoms with Gasteiger partial charge in [-0.25, -0.2) is 0 Å². The van der Waals surface area contributed by atoms with Crippen LogP contribution >= 0.6 is 11.8 Å². The standard InChI is InChI=1S/C11H23NO2S/c1-4-6-8-15-9-7-11(3,12)10(13)14-5-2/h4-9,12H2,1-3H3. The van der Waals surface area contributed by atoms with Gasteiger partial charge in [-0.2, -0.15) is 11.8 Å². The van der Waals surface area contributed by atoms with Gasteiger partial charge in [-0.05, 0) is 38.2 Å². The Bertz CT molecular complexity index is 183. The molecule has 0 saturated heterocycles. The molecule has 0 radical (unpaired) electrons. The maximum absolute atomic E-state index is 11.4. The third-order valence-corrected chi connectivity index (χ3v) is 3.22. The van der Waals surface area contributed by atoms with E-state index in [1.165, 1.54) is 12.8 Å². The summed E-state index contributed by atoms with van der Waals surface area (Å²) in [4.78, 5) is 11.4. The van der Waals surface area contributed by atoms with Crippen molar-refractivity contribution in [2.24, 2.45) is 5.73 Å². The zero-order chi connectivity index (χ0) is 11.7. The molecule has 0 rings (SSSR count). The van der Waals surface area contributed by atoms with Crippen molar-refractivity contribution in [1.82, 2.24) is 0 Å². The van der Waals surface area contributed by atoms with Gasteiger partial charge >= 0.3 is 5.97 Å². The third kappa shape index (κ3) is 6.79. The van der Waals surface area contributed by atoms with Gasteiger partial charge in [0.2, 0.25) is 0 Å². The minimum absolute atomic E-state index is 0.291. The monoisotopic (exact) mass is 233 g/mol. The summed E-state index contributed by atoms with van der Waals surface area (Å²) in [7, 11) is 0. The fourth-order valence-corrected chi connectivity index (χ4v) is 2.30. The highest BCUT2D eigenvalue weighted by Gasteiger charge is 2.29. The van der Waals surface area contributed by atoms with Crippen molar-refractivity contribution in [2.45, 2.75) is 45.6 Å². The first-order chi connectivity index (χ1) is 7.04. The molecule has 0 spiro atoms. The number of carbonyl (C=O) groups is 1. The number of rotatable bonds is 8. The predicted octanol–water partition coefficient (Wildman–Crippen LogP) is 2.19. The van der Waals surface area contributed by atoms with E-state index in [0.29, 0.717) is 13.0 Å². The average Bonchev–Trinajstić information content (AvgIpc) is 2.18. The minimum atomic E-state index is -0.824. The molecule has 0 aliphatic carbocycles. The second kappa shape index (κ2) is 7.99. The molecule has 4 heteroatoms. The van der Waals surface area contributed by atoms with E-state index in [9.17, 15) is 4.79 Å². The number of ether oxygens (including phenoxy) is 1. The van der Waals surface area contributed by atoms with Gasteiger partial charge in [-0.1, -0.05) is 13.3 Å². The highest BCUT2D eigenvalue weighted by Crippen LogP contribution is 2.14. The molecule has 0 saturated carbocycles. The van der Waals surface area contributed by atoms with Crippen LogP contribution in [0.15, 0.2) is 0 Å². The highest BCUT2D eigenvalue weighted by atomic mass is 32.2. The summed E-state index contributed by atoms with van der Waals surface area (Å²) in [5, 5.41) is 0. The number of esters is 1. The van der Waals surface area contributed by atoms with Crippen LogP contribution in [0.3, 0.4) is 0 Å². The lowest BCUT2D eigenvalue weighted by Gasteiger charge is -2.21. The quantitative estimate of drug-likeness (QED) is 0.516. The van der Waals surface area contributed by atoms with Gasteiger partial charge in [0.25, 0.3) is 0 Å². The molecule has 0 heterocycles. The molecule has 2 N–H and O–H groups in total. The first-order valence-corrected chi connectivity index (χ1v) is 6.74. The van der Waals surface area contributed by atoms with Crippen LogP contribution in [0, 0.1) is 0 Å². The Kier molecular flexibility index (Phi) is 7.88. The van der Waals surface area contributed by atoms with E-state index in [1.54, 1.807) is 13.8 Å². The Morgan fingerprint density at radius 1 is 1.40 bits per heavy atom. The first-order valence-electron chi connectivity index (χ1n) is 5.58. The van der Waals surface area contributed by atoms with Crippen LogP contribution in [-0.4, -0.2) is 29.6 Å². The Morgan fingerprint density at radius 3 is 2.60 bits per heavy atom. The maximum Gasteiger partial charge on any atom is 0.325 e. The van der Waals surface area contributed by atoms with Gasteiger partial charge in [0.05, 0.1) is 6.61 Å². The van der Waals surface area contributed by atoms with E-state index >= 15 is 0 Å². The molecule has 0 aliphatic heterocycles. The highest BCUT2D eigenvalue weighted by molar-refractivity contribution is 7.99. The smallest absolute Gasteiger partial charge is 0.325 e. The van der Waals surface area contributed by atoms with Crippen molar-refractivity contribution < 1.29 is 9.53 Å². The lowest BCUT2D eigenvalue weighted by molar-refractivity contribution is -0.149. The molecule has 90 valence electrons. The van der Waals surface area contributed by atoms with Crippen LogP contribution in [0.1, 0.15) is 40.0 Å². The summed E-state index contributed by atoms with van der Waals surface area (Å²) < 4.78 is 4.91. The Hall–Kier alpha value is -0.220. The zero-order valence-corrected chi connectivity index (χ0v) is 10.9. The number of nitrogens with two attached hydrogens (primary N) is 1. The van der Waals surface area contributed by atoms with Gasteiger partial charge in [0.1, 0.15) is 5.54 Å². The van der Waals surface area contributed by atoms with Crippen LogP contribution in [0.2, 0.25) is 0 Å². The van der Waals surface area contributed by atoms with E-state index in [4.69, 9.17) is 10.5 Å². The number of hydrogen-bond donors (Lipinski definition) is 1. The third-order valence-electron chi connectivity index (χ3n) is 2.15. The fourth-order valence-electron chi connectivity index (χ4n) is 1.03. The summed E-state index contributed by atoms with van der Waals surface area (Å²) in [5.41, 5.74) is 5.05. The molecule has 0 aromatic heterocycles. The zero-order valence-electron chi connectivity index (χ0n) is 10.0. The largest absolute Gasteiger partial charge is 0.465 e. The van der Waals surface area contributed by atoms with Gasteiger partial charge in [0.15, 0.2) is 0 Å². The average molecular weight is 233 g/mol. The van der Waals surface area contributed by atoms with Gasteiger partial charge in [0, 0.05) is 0 Å². The van der Waals surface area contributed by atoms with Crippen LogP contribution in [0.4, 0.5) is 0 Å². The molecule has 0 amide bonds. The summed E-state index contributed by atoms with van der Waals surface area (Å²) in [6.45, 7) is 6.11. The summed E-state index contributed by atoms with van der Waals surface area (Å²) >= 11 is 1.85. The Labute approximate surface area is 97.1 Å². The SMILES string of the molecule is CCCCSCCC(C)(N)C(=O)OCC. The molecular weight excluding hydrogens is 210 g/mol. The number of carbonyl (C=O) groups excluding carboxylic acids is 1. The molecule has 1 atom stereocenters. The number of hydrogen-bond acceptors (Lipinski definition) is 4. The van der Waals surface area contributed by atoms with Crippen molar-refractivity contribution in [3.8, 4) is 0 Å². The van der Waals surface area contributed by atoms with Crippen molar-refractivity contribution >= 4 is 17.7 Å². The second-order valence-electron chi connectivity index (χ2n) is 3.85. The van der Waals surface area contributed by atoms with Gasteiger partial charge in [-0.15, -0.1) is 0 Å². The van der Waals surface area contributed by atoms with Crippen molar-refractivity contribution in [3.05, 3.63) is 0 Å². The van der Waals surface area contributed by atoms with Crippen LogP contribution in [0.25, 0.3) is 0 Å². The Balaban J connectivity index is 3.68. The van der Waals surface area contributed by atoms with Crippen molar-refractivity contribution in [3.63, 3.8) is 0 Å².